The number of unbranched alkanes of at least 4 members (excludes halogenated alkanes) is 1. The molecule has 0 aromatic carbocycles. The first-order valence-electron chi connectivity index (χ1n) is 10.1. The fraction of sp³-hybridized carbons (Fsp3) is 0.722. The number of thiol groups is 1. The summed E-state index contributed by atoms with van der Waals surface area (Å²) in [5.74, 6) is -4.45. The molecule has 0 saturated carbocycles. The third-order valence-electron chi connectivity index (χ3n) is 4.48. The van der Waals surface area contributed by atoms with Crippen molar-refractivity contribution >= 4 is 42.2 Å². The lowest BCUT2D eigenvalue weighted by Crippen LogP contribution is -2.58. The number of hydrogen-bond donors (Lipinski definition) is 9. The molecular weight excluding hydrogens is 444 g/mol. The smallest absolute Gasteiger partial charge is 0.328 e. The molecule has 0 heterocycles. The van der Waals surface area contributed by atoms with Gasteiger partial charge < -0.3 is 43.4 Å². The SMILES string of the molecule is CC(O)C(NC(=O)C(CCCCN)NC(=O)C(CS)NC(=O)C(N)CCC(N)=O)C(=O)O. The molecule has 11 N–H and O–H groups in total. The van der Waals surface area contributed by atoms with Gasteiger partial charge in [-0.25, -0.2) is 4.79 Å². The number of aliphatic hydroxyl groups excluding tert-OH is 1. The zero-order valence-corrected chi connectivity index (χ0v) is 18.8. The number of carbonyl (C=O) groups excluding carboxylic acids is 4. The quantitative estimate of drug-likeness (QED) is 0.0790. The van der Waals surface area contributed by atoms with Gasteiger partial charge in [0.1, 0.15) is 12.1 Å². The van der Waals surface area contributed by atoms with Crippen molar-refractivity contribution in [2.45, 2.75) is 69.3 Å². The first-order valence-corrected chi connectivity index (χ1v) is 10.7. The van der Waals surface area contributed by atoms with Gasteiger partial charge in [0.25, 0.3) is 0 Å². The number of aliphatic carboxylic acids is 1. The van der Waals surface area contributed by atoms with Crippen LogP contribution in [0.5, 0.6) is 0 Å². The fourth-order valence-corrected chi connectivity index (χ4v) is 2.84. The maximum Gasteiger partial charge on any atom is 0.328 e. The number of amides is 4. The Labute approximate surface area is 191 Å². The lowest BCUT2D eigenvalue weighted by Gasteiger charge is -2.25. The number of aliphatic hydroxyl groups is 1. The van der Waals surface area contributed by atoms with Crippen LogP contribution in [0.2, 0.25) is 0 Å². The van der Waals surface area contributed by atoms with Crippen molar-refractivity contribution in [2.75, 3.05) is 12.3 Å². The summed E-state index contributed by atoms with van der Waals surface area (Å²) >= 11 is 4.03. The first-order chi connectivity index (χ1) is 14.9. The molecule has 0 saturated heterocycles. The summed E-state index contributed by atoms with van der Waals surface area (Å²) in [7, 11) is 0. The molecule has 0 radical (unpaired) electrons. The molecule has 0 aliphatic heterocycles. The van der Waals surface area contributed by atoms with Gasteiger partial charge in [-0.1, -0.05) is 0 Å². The standard InChI is InChI=1S/C18H34N6O7S/c1-9(25)14(18(30)31)24-16(28)11(4-2-3-7-19)22-17(29)12(8-32)23-15(27)10(20)5-6-13(21)26/h9-12,14,25,32H,2-8,19-20H2,1H3,(H2,21,26)(H,22,29)(H,23,27)(H,24,28)(H,30,31). The van der Waals surface area contributed by atoms with Gasteiger partial charge in [-0.2, -0.15) is 12.6 Å². The van der Waals surface area contributed by atoms with Crippen molar-refractivity contribution in [3.05, 3.63) is 0 Å². The van der Waals surface area contributed by atoms with Crippen LogP contribution in [0.1, 0.15) is 39.0 Å². The van der Waals surface area contributed by atoms with Crippen LogP contribution in [0.4, 0.5) is 0 Å². The molecule has 0 fully saturated rings. The normalized spacial score (nSPS) is 15.5. The number of rotatable bonds is 16. The molecule has 14 heteroatoms. The minimum atomic E-state index is -1.57. The van der Waals surface area contributed by atoms with E-state index in [1.165, 1.54) is 6.92 Å². The predicted octanol–water partition coefficient (Wildman–Crippen LogP) is -3.44. The van der Waals surface area contributed by atoms with Crippen LogP contribution in [0.3, 0.4) is 0 Å². The van der Waals surface area contributed by atoms with Crippen LogP contribution in [0.25, 0.3) is 0 Å². The summed E-state index contributed by atoms with van der Waals surface area (Å²) < 4.78 is 0. The van der Waals surface area contributed by atoms with Crippen LogP contribution < -0.4 is 33.2 Å². The molecule has 5 atom stereocenters. The summed E-state index contributed by atoms with van der Waals surface area (Å²) in [6.45, 7) is 1.56. The van der Waals surface area contributed by atoms with Crippen LogP contribution in [-0.4, -0.2) is 82.4 Å². The predicted molar refractivity (Wildman–Crippen MR) is 118 cm³/mol. The van der Waals surface area contributed by atoms with Gasteiger partial charge in [0, 0.05) is 12.2 Å². The Hall–Kier alpha value is -2.42. The highest BCUT2D eigenvalue weighted by atomic mass is 32.1. The molecule has 184 valence electrons. The molecule has 0 aliphatic carbocycles. The Balaban J connectivity index is 5.22. The van der Waals surface area contributed by atoms with E-state index >= 15 is 0 Å². The largest absolute Gasteiger partial charge is 0.480 e. The molecule has 4 amide bonds. The second kappa shape index (κ2) is 15.4. The van der Waals surface area contributed by atoms with Crippen molar-refractivity contribution in [3.63, 3.8) is 0 Å². The first kappa shape index (κ1) is 29.6. The van der Waals surface area contributed by atoms with Gasteiger partial charge in [-0.3, -0.25) is 19.2 Å². The number of nitrogens with one attached hydrogen (secondary N) is 3. The number of primary amides is 1. The summed E-state index contributed by atoms with van der Waals surface area (Å²) in [5.41, 5.74) is 16.2. The van der Waals surface area contributed by atoms with E-state index in [0.717, 1.165) is 0 Å². The highest BCUT2D eigenvalue weighted by molar-refractivity contribution is 7.80. The van der Waals surface area contributed by atoms with Crippen molar-refractivity contribution < 1.29 is 34.2 Å². The second-order valence-electron chi connectivity index (χ2n) is 7.27. The Morgan fingerprint density at radius 2 is 1.50 bits per heavy atom. The Kier molecular flexibility index (Phi) is 14.2. The Bertz CT molecular complexity index is 664. The summed E-state index contributed by atoms with van der Waals surface area (Å²) in [6.07, 6.45) is -0.335. The minimum Gasteiger partial charge on any atom is -0.480 e. The number of hydrogen-bond acceptors (Lipinski definition) is 9. The number of carboxylic acid groups (broad SMARTS) is 1. The summed E-state index contributed by atoms with van der Waals surface area (Å²) in [4.78, 5) is 59.5. The third-order valence-corrected chi connectivity index (χ3v) is 4.85. The van der Waals surface area contributed by atoms with Crippen LogP contribution >= 0.6 is 12.6 Å². The molecule has 32 heavy (non-hydrogen) atoms. The van der Waals surface area contributed by atoms with E-state index < -0.39 is 59.9 Å². The lowest BCUT2D eigenvalue weighted by atomic mass is 10.1. The fourth-order valence-electron chi connectivity index (χ4n) is 2.58. The van der Waals surface area contributed by atoms with E-state index in [9.17, 15) is 29.1 Å². The monoisotopic (exact) mass is 478 g/mol. The number of carboxylic acids is 1. The molecule has 0 aromatic heterocycles. The molecule has 0 aromatic rings. The average molecular weight is 479 g/mol. The highest BCUT2D eigenvalue weighted by Crippen LogP contribution is 2.05. The van der Waals surface area contributed by atoms with Crippen LogP contribution in [0.15, 0.2) is 0 Å². The number of carbonyl (C=O) groups is 5. The molecule has 0 aliphatic rings. The maximum atomic E-state index is 12.6. The van der Waals surface area contributed by atoms with Crippen molar-refractivity contribution in [1.29, 1.82) is 0 Å². The zero-order chi connectivity index (χ0) is 24.8. The van der Waals surface area contributed by atoms with E-state index in [1.807, 2.05) is 0 Å². The van der Waals surface area contributed by atoms with Crippen molar-refractivity contribution in [2.24, 2.45) is 17.2 Å². The van der Waals surface area contributed by atoms with Gasteiger partial charge in [-0.15, -0.1) is 0 Å². The van der Waals surface area contributed by atoms with E-state index in [4.69, 9.17) is 22.3 Å². The number of nitrogens with two attached hydrogens (primary N) is 3. The molecule has 0 rings (SSSR count). The topological polar surface area (TPSA) is 240 Å². The molecule has 0 spiro atoms. The minimum absolute atomic E-state index is 0.0118. The maximum absolute atomic E-state index is 12.6. The third kappa shape index (κ3) is 11.3. The van der Waals surface area contributed by atoms with Gasteiger partial charge in [0.05, 0.1) is 12.1 Å². The summed E-state index contributed by atoms with van der Waals surface area (Å²) in [5, 5.41) is 25.8. The van der Waals surface area contributed by atoms with E-state index in [-0.39, 0.29) is 25.0 Å². The molecule has 0 bridgehead atoms. The highest BCUT2D eigenvalue weighted by Gasteiger charge is 2.31. The van der Waals surface area contributed by atoms with Crippen LogP contribution in [-0.2, 0) is 24.0 Å². The zero-order valence-electron chi connectivity index (χ0n) is 18.0. The van der Waals surface area contributed by atoms with E-state index in [1.54, 1.807) is 0 Å². The van der Waals surface area contributed by atoms with Gasteiger partial charge in [0.15, 0.2) is 6.04 Å². The molecule has 5 unspecified atom stereocenters. The van der Waals surface area contributed by atoms with Gasteiger partial charge in [-0.05, 0) is 39.2 Å². The average Bonchev–Trinajstić information content (AvgIpc) is 2.72. The van der Waals surface area contributed by atoms with Crippen molar-refractivity contribution in [3.8, 4) is 0 Å². The molecule has 13 nitrogen and oxygen atoms in total. The van der Waals surface area contributed by atoms with Crippen molar-refractivity contribution in [1.82, 2.24) is 16.0 Å². The summed E-state index contributed by atoms with van der Waals surface area (Å²) in [6, 6.07) is -4.94. The van der Waals surface area contributed by atoms with Gasteiger partial charge in [0.2, 0.25) is 23.6 Å². The lowest BCUT2D eigenvalue weighted by molar-refractivity contribution is -0.145. The second-order valence-corrected chi connectivity index (χ2v) is 7.63. The van der Waals surface area contributed by atoms with E-state index in [2.05, 4.69) is 28.6 Å². The van der Waals surface area contributed by atoms with E-state index in [0.29, 0.717) is 19.4 Å². The Morgan fingerprint density at radius 1 is 0.938 bits per heavy atom. The molecular formula is C18H34N6O7S. The Morgan fingerprint density at radius 3 is 1.97 bits per heavy atom. The van der Waals surface area contributed by atoms with Crippen LogP contribution in [0, 0.1) is 0 Å². The van der Waals surface area contributed by atoms with Gasteiger partial charge >= 0.3 is 5.97 Å².